The Morgan fingerprint density at radius 2 is 2.00 bits per heavy atom. The van der Waals surface area contributed by atoms with Gasteiger partial charge in [0.05, 0.1) is 5.69 Å². The van der Waals surface area contributed by atoms with Crippen molar-refractivity contribution in [2.45, 2.75) is 13.0 Å². The van der Waals surface area contributed by atoms with Crippen molar-refractivity contribution in [2.24, 2.45) is 5.73 Å². The highest BCUT2D eigenvalue weighted by molar-refractivity contribution is 5.84. The third-order valence-corrected chi connectivity index (χ3v) is 2.14. The Balaban J connectivity index is 2.76. The lowest BCUT2D eigenvalue weighted by Crippen LogP contribution is -2.07. The normalized spacial score (nSPS) is 13.1. The summed E-state index contributed by atoms with van der Waals surface area (Å²) in [5, 5.41) is 2.35. The molecule has 1 heterocycles. The van der Waals surface area contributed by atoms with Gasteiger partial charge in [0.2, 0.25) is 0 Å². The summed E-state index contributed by atoms with van der Waals surface area (Å²) in [6.45, 7) is 1.95. The summed E-state index contributed by atoms with van der Waals surface area (Å²) in [6, 6.07) is 10.2. The zero-order valence-corrected chi connectivity index (χ0v) is 7.57. The molecule has 0 aliphatic carbocycles. The van der Waals surface area contributed by atoms with Crippen LogP contribution in [0.4, 0.5) is 0 Å². The highest BCUT2D eigenvalue weighted by atomic mass is 14.8. The van der Waals surface area contributed by atoms with Crippen LogP contribution in [0.5, 0.6) is 0 Å². The first kappa shape index (κ1) is 8.20. The predicted octanol–water partition coefficient (Wildman–Crippen LogP) is 2.25. The van der Waals surface area contributed by atoms with Crippen LogP contribution in [-0.2, 0) is 0 Å². The highest BCUT2D eigenvalue weighted by Gasteiger charge is 2.04. The van der Waals surface area contributed by atoms with Crippen molar-refractivity contribution in [1.82, 2.24) is 4.98 Å². The van der Waals surface area contributed by atoms with Crippen LogP contribution in [0, 0.1) is 0 Å². The van der Waals surface area contributed by atoms with Gasteiger partial charge in [-0.25, -0.2) is 0 Å². The van der Waals surface area contributed by atoms with Gasteiger partial charge in [-0.05, 0) is 18.4 Å². The van der Waals surface area contributed by atoms with Gasteiger partial charge in [-0.1, -0.05) is 24.3 Å². The molecule has 0 amide bonds. The Bertz CT molecular complexity index is 416. The van der Waals surface area contributed by atoms with E-state index in [9.17, 15) is 0 Å². The van der Waals surface area contributed by atoms with Gasteiger partial charge in [0, 0.05) is 17.6 Å². The fourth-order valence-electron chi connectivity index (χ4n) is 1.51. The minimum atomic E-state index is -0.00824. The average Bonchev–Trinajstić information content (AvgIpc) is 2.17. The first-order valence-corrected chi connectivity index (χ1v) is 4.38. The Labute approximate surface area is 77.4 Å². The molecule has 66 valence electrons. The van der Waals surface area contributed by atoms with Gasteiger partial charge >= 0.3 is 0 Å². The van der Waals surface area contributed by atoms with Crippen LogP contribution in [0.1, 0.15) is 18.7 Å². The number of aromatic nitrogens is 1. The van der Waals surface area contributed by atoms with Gasteiger partial charge < -0.3 is 5.73 Å². The van der Waals surface area contributed by atoms with Crippen molar-refractivity contribution >= 4 is 10.8 Å². The first-order valence-electron chi connectivity index (χ1n) is 4.38. The molecule has 0 aliphatic heterocycles. The highest BCUT2D eigenvalue weighted by Crippen LogP contribution is 2.19. The van der Waals surface area contributed by atoms with E-state index in [-0.39, 0.29) is 6.04 Å². The number of fused-ring (bicyclic) bond motifs is 1. The topological polar surface area (TPSA) is 38.9 Å². The third kappa shape index (κ3) is 1.40. The molecule has 0 radical (unpaired) electrons. The molecule has 2 rings (SSSR count). The maximum Gasteiger partial charge on any atom is 0.0646 e. The van der Waals surface area contributed by atoms with Gasteiger partial charge in [0.25, 0.3) is 0 Å². The van der Waals surface area contributed by atoms with Crippen molar-refractivity contribution < 1.29 is 0 Å². The Morgan fingerprint density at radius 1 is 1.23 bits per heavy atom. The fraction of sp³-hybridized carbons (Fsp3) is 0.182. The zero-order chi connectivity index (χ0) is 9.26. The van der Waals surface area contributed by atoms with Crippen LogP contribution in [-0.4, -0.2) is 4.98 Å². The van der Waals surface area contributed by atoms with Crippen molar-refractivity contribution in [3.05, 3.63) is 42.2 Å². The van der Waals surface area contributed by atoms with E-state index in [0.717, 1.165) is 11.1 Å². The van der Waals surface area contributed by atoms with Crippen molar-refractivity contribution in [3.8, 4) is 0 Å². The van der Waals surface area contributed by atoms with E-state index >= 15 is 0 Å². The van der Waals surface area contributed by atoms with Crippen molar-refractivity contribution in [2.75, 3.05) is 0 Å². The zero-order valence-electron chi connectivity index (χ0n) is 7.57. The summed E-state index contributed by atoms with van der Waals surface area (Å²) in [4.78, 5) is 4.28. The molecule has 2 nitrogen and oxygen atoms in total. The number of hydrogen-bond donors (Lipinski definition) is 1. The molecule has 0 aliphatic rings. The molecule has 0 bridgehead atoms. The predicted molar refractivity (Wildman–Crippen MR) is 54.3 cm³/mol. The number of rotatable bonds is 1. The maximum atomic E-state index is 5.82. The second-order valence-electron chi connectivity index (χ2n) is 3.21. The standard InChI is InChI=1S/C11H12N2/c1-8(12)11-10-5-3-2-4-9(10)6-7-13-11/h2-8H,12H2,1H3. The largest absolute Gasteiger partial charge is 0.323 e. The van der Waals surface area contributed by atoms with Gasteiger partial charge in [-0.3, -0.25) is 4.98 Å². The molecule has 2 N–H and O–H groups in total. The molecular weight excluding hydrogens is 160 g/mol. The number of pyridine rings is 1. The molecule has 2 heteroatoms. The summed E-state index contributed by atoms with van der Waals surface area (Å²) < 4.78 is 0. The minimum Gasteiger partial charge on any atom is -0.323 e. The quantitative estimate of drug-likeness (QED) is 0.716. The third-order valence-electron chi connectivity index (χ3n) is 2.14. The molecule has 13 heavy (non-hydrogen) atoms. The fourth-order valence-corrected chi connectivity index (χ4v) is 1.51. The number of nitrogens with zero attached hydrogens (tertiary/aromatic N) is 1. The van der Waals surface area contributed by atoms with E-state index in [1.165, 1.54) is 5.39 Å². The van der Waals surface area contributed by atoms with Gasteiger partial charge in [-0.2, -0.15) is 0 Å². The second-order valence-corrected chi connectivity index (χ2v) is 3.21. The maximum absolute atomic E-state index is 5.82. The second kappa shape index (κ2) is 3.15. The van der Waals surface area contributed by atoms with Crippen molar-refractivity contribution in [1.29, 1.82) is 0 Å². The summed E-state index contributed by atoms with van der Waals surface area (Å²) in [5.74, 6) is 0. The monoisotopic (exact) mass is 172 g/mol. The molecule has 1 aromatic carbocycles. The Hall–Kier alpha value is -1.41. The summed E-state index contributed by atoms with van der Waals surface area (Å²) in [6.07, 6.45) is 1.81. The summed E-state index contributed by atoms with van der Waals surface area (Å²) >= 11 is 0. The molecular formula is C11H12N2. The van der Waals surface area contributed by atoms with Crippen LogP contribution < -0.4 is 5.73 Å². The van der Waals surface area contributed by atoms with Crippen LogP contribution in [0.2, 0.25) is 0 Å². The molecule has 2 aromatic rings. The first-order chi connectivity index (χ1) is 6.29. The average molecular weight is 172 g/mol. The summed E-state index contributed by atoms with van der Waals surface area (Å²) in [5.41, 5.74) is 6.79. The molecule has 0 saturated heterocycles. The lowest BCUT2D eigenvalue weighted by molar-refractivity contribution is 0.791. The van der Waals surface area contributed by atoms with Crippen LogP contribution in [0.25, 0.3) is 10.8 Å². The van der Waals surface area contributed by atoms with E-state index < -0.39 is 0 Å². The molecule has 1 atom stereocenters. The smallest absolute Gasteiger partial charge is 0.0646 e. The van der Waals surface area contributed by atoms with E-state index in [0.29, 0.717) is 0 Å². The SMILES string of the molecule is CC(N)c1nccc2ccccc12. The molecule has 1 unspecified atom stereocenters. The molecule has 1 aromatic heterocycles. The lowest BCUT2D eigenvalue weighted by Gasteiger charge is -2.07. The summed E-state index contributed by atoms with van der Waals surface area (Å²) in [7, 11) is 0. The molecule has 0 fully saturated rings. The van der Waals surface area contributed by atoms with E-state index in [1.807, 2.05) is 25.1 Å². The molecule has 0 spiro atoms. The molecule has 0 saturated carbocycles. The lowest BCUT2D eigenvalue weighted by atomic mass is 10.1. The van der Waals surface area contributed by atoms with Crippen LogP contribution in [0.3, 0.4) is 0 Å². The van der Waals surface area contributed by atoms with Gasteiger partial charge in [-0.15, -0.1) is 0 Å². The van der Waals surface area contributed by atoms with Crippen LogP contribution >= 0.6 is 0 Å². The van der Waals surface area contributed by atoms with E-state index in [2.05, 4.69) is 17.1 Å². The number of benzene rings is 1. The van der Waals surface area contributed by atoms with E-state index in [4.69, 9.17) is 5.73 Å². The van der Waals surface area contributed by atoms with Gasteiger partial charge in [0.15, 0.2) is 0 Å². The Kier molecular flexibility index (Phi) is 1.99. The number of hydrogen-bond acceptors (Lipinski definition) is 2. The van der Waals surface area contributed by atoms with Crippen molar-refractivity contribution in [3.63, 3.8) is 0 Å². The van der Waals surface area contributed by atoms with E-state index in [1.54, 1.807) is 6.20 Å². The van der Waals surface area contributed by atoms with Gasteiger partial charge in [0.1, 0.15) is 0 Å². The van der Waals surface area contributed by atoms with Crippen LogP contribution in [0.15, 0.2) is 36.5 Å². The Morgan fingerprint density at radius 3 is 2.77 bits per heavy atom. The number of nitrogens with two attached hydrogens (primary N) is 1. The minimum absolute atomic E-state index is 0.00824.